The third-order valence-corrected chi connectivity index (χ3v) is 3.80. The molecule has 0 radical (unpaired) electrons. The van der Waals surface area contributed by atoms with E-state index in [0.717, 1.165) is 11.5 Å². The van der Waals surface area contributed by atoms with Gasteiger partial charge in [-0.25, -0.2) is 4.79 Å². The lowest BCUT2D eigenvalue weighted by Gasteiger charge is -2.26. The van der Waals surface area contributed by atoms with Crippen LogP contribution < -0.4 is 4.74 Å². The number of carboxylic acids is 1. The normalized spacial score (nSPS) is 15.1. The number of aliphatic carboxylic acids is 1. The molecule has 0 spiro atoms. The maximum Gasteiger partial charge on any atom is 0.377 e. The lowest BCUT2D eigenvalue weighted by atomic mass is 10.1. The smallest absolute Gasteiger partial charge is 0.377 e. The number of hydrogen-bond acceptors (Lipinski definition) is 4. The van der Waals surface area contributed by atoms with Crippen molar-refractivity contribution in [1.82, 2.24) is 0 Å². The van der Waals surface area contributed by atoms with Gasteiger partial charge in [0.05, 0.1) is 5.02 Å². The summed E-state index contributed by atoms with van der Waals surface area (Å²) in [6.07, 6.45) is 0.151. The van der Waals surface area contributed by atoms with Gasteiger partial charge in [0.1, 0.15) is 11.9 Å². The number of ether oxygens (including phenoxy) is 1. The molecule has 1 aromatic rings. The van der Waals surface area contributed by atoms with E-state index in [0.29, 0.717) is 5.75 Å². The molecule has 1 aliphatic rings. The van der Waals surface area contributed by atoms with Gasteiger partial charge in [0.25, 0.3) is 5.78 Å². The highest BCUT2D eigenvalue weighted by molar-refractivity contribution is 8.00. The molecule has 4 nitrogen and oxygen atoms in total. The van der Waals surface area contributed by atoms with Gasteiger partial charge in [0, 0.05) is 17.1 Å². The molecule has 0 amide bonds. The topological polar surface area (TPSA) is 63.6 Å². The summed E-state index contributed by atoms with van der Waals surface area (Å²) in [7, 11) is 0. The van der Waals surface area contributed by atoms with Crippen molar-refractivity contribution in [2.75, 3.05) is 11.5 Å². The van der Waals surface area contributed by atoms with E-state index >= 15 is 0 Å². The van der Waals surface area contributed by atoms with Crippen LogP contribution in [0.4, 0.5) is 0 Å². The number of halogens is 1. The van der Waals surface area contributed by atoms with E-state index in [-0.39, 0.29) is 16.7 Å². The lowest BCUT2D eigenvalue weighted by Crippen LogP contribution is -2.31. The summed E-state index contributed by atoms with van der Waals surface area (Å²) in [4.78, 5) is 21.7. The van der Waals surface area contributed by atoms with Crippen molar-refractivity contribution in [1.29, 1.82) is 0 Å². The van der Waals surface area contributed by atoms with Gasteiger partial charge in [-0.3, -0.25) is 4.79 Å². The number of Topliss-reactive ketones (excluding diaryl/α,β-unsaturated/α-hetero) is 1. The van der Waals surface area contributed by atoms with E-state index in [1.165, 1.54) is 18.2 Å². The third kappa shape index (κ3) is 2.73. The molecule has 0 unspecified atom stereocenters. The van der Waals surface area contributed by atoms with Crippen LogP contribution in [0.15, 0.2) is 18.2 Å². The van der Waals surface area contributed by atoms with Gasteiger partial charge in [-0.05, 0) is 18.2 Å². The third-order valence-electron chi connectivity index (χ3n) is 2.29. The van der Waals surface area contributed by atoms with Crippen molar-refractivity contribution >= 4 is 35.1 Å². The number of carbonyl (C=O) groups excluding carboxylic acids is 1. The van der Waals surface area contributed by atoms with Crippen LogP contribution in [0.25, 0.3) is 0 Å². The van der Waals surface area contributed by atoms with Crippen LogP contribution in [0.3, 0.4) is 0 Å². The predicted molar refractivity (Wildman–Crippen MR) is 65.2 cm³/mol. The number of carbonyl (C=O) groups is 2. The maximum absolute atomic E-state index is 11.2. The van der Waals surface area contributed by atoms with Crippen LogP contribution in [-0.2, 0) is 4.79 Å². The van der Waals surface area contributed by atoms with Gasteiger partial charge >= 0.3 is 5.97 Å². The van der Waals surface area contributed by atoms with E-state index in [4.69, 9.17) is 21.4 Å². The van der Waals surface area contributed by atoms with Crippen molar-refractivity contribution in [2.24, 2.45) is 0 Å². The average molecular weight is 273 g/mol. The largest absolute Gasteiger partial charge is 0.487 e. The van der Waals surface area contributed by atoms with Crippen LogP contribution in [0.2, 0.25) is 5.02 Å². The zero-order chi connectivity index (χ0) is 12.4. The van der Waals surface area contributed by atoms with E-state index in [9.17, 15) is 9.59 Å². The molecular formula is C11H9ClO4S. The zero-order valence-corrected chi connectivity index (χ0v) is 10.3. The van der Waals surface area contributed by atoms with Crippen molar-refractivity contribution in [3.8, 4) is 5.75 Å². The molecule has 0 saturated carbocycles. The standard InChI is InChI=1S/C11H9ClO4S/c12-8-3-6(10(13)11(14)15)1-2-9(8)16-7-4-17-5-7/h1-3,7H,4-5H2,(H,14,15). The van der Waals surface area contributed by atoms with Crippen LogP contribution in [0, 0.1) is 0 Å². The Balaban J connectivity index is 2.15. The van der Waals surface area contributed by atoms with Crippen molar-refractivity contribution in [3.05, 3.63) is 28.8 Å². The van der Waals surface area contributed by atoms with Gasteiger partial charge in [-0.2, -0.15) is 11.8 Å². The molecule has 0 aliphatic carbocycles. The molecule has 1 aromatic carbocycles. The van der Waals surface area contributed by atoms with Gasteiger partial charge < -0.3 is 9.84 Å². The molecule has 0 bridgehead atoms. The summed E-state index contributed by atoms with van der Waals surface area (Å²) in [5.74, 6) is -0.139. The summed E-state index contributed by atoms with van der Waals surface area (Å²) in [6, 6.07) is 4.25. The van der Waals surface area contributed by atoms with Crippen molar-refractivity contribution in [2.45, 2.75) is 6.10 Å². The first kappa shape index (κ1) is 12.3. The second-order valence-electron chi connectivity index (χ2n) is 3.56. The fourth-order valence-corrected chi connectivity index (χ4v) is 2.11. The summed E-state index contributed by atoms with van der Waals surface area (Å²) in [6.45, 7) is 0. The zero-order valence-electron chi connectivity index (χ0n) is 8.68. The highest BCUT2D eigenvalue weighted by atomic mass is 35.5. The SMILES string of the molecule is O=C(O)C(=O)c1ccc(OC2CSC2)c(Cl)c1. The molecule has 2 rings (SSSR count). The van der Waals surface area contributed by atoms with Crippen LogP contribution in [-0.4, -0.2) is 34.5 Å². The van der Waals surface area contributed by atoms with Crippen molar-refractivity contribution in [3.63, 3.8) is 0 Å². The van der Waals surface area contributed by atoms with Gasteiger partial charge in [0.15, 0.2) is 0 Å². The molecule has 1 N–H and O–H groups in total. The second-order valence-corrected chi connectivity index (χ2v) is 5.04. The maximum atomic E-state index is 11.2. The first-order valence-electron chi connectivity index (χ1n) is 4.89. The Morgan fingerprint density at radius 2 is 2.12 bits per heavy atom. The Hall–Kier alpha value is -1.20. The first-order valence-corrected chi connectivity index (χ1v) is 6.43. The summed E-state index contributed by atoms with van der Waals surface area (Å²) in [5, 5.41) is 8.82. The minimum atomic E-state index is -1.50. The minimum absolute atomic E-state index is 0.0536. The summed E-state index contributed by atoms with van der Waals surface area (Å²) >= 11 is 7.71. The number of ketones is 1. The average Bonchev–Trinajstić information content (AvgIpc) is 2.23. The number of thioether (sulfide) groups is 1. The van der Waals surface area contributed by atoms with Crippen molar-refractivity contribution < 1.29 is 19.4 Å². The number of rotatable bonds is 4. The molecular weight excluding hydrogens is 264 g/mol. The summed E-state index contributed by atoms with van der Waals surface area (Å²) < 4.78 is 5.56. The van der Waals surface area contributed by atoms with Crippen LogP contribution >= 0.6 is 23.4 Å². The number of carboxylic acid groups (broad SMARTS) is 1. The molecule has 1 fully saturated rings. The van der Waals surface area contributed by atoms with E-state index in [2.05, 4.69) is 0 Å². The quantitative estimate of drug-likeness (QED) is 0.672. The summed E-state index contributed by atoms with van der Waals surface area (Å²) in [5.41, 5.74) is 0.0536. The molecule has 0 aromatic heterocycles. The Bertz CT molecular complexity index is 471. The molecule has 90 valence electrons. The highest BCUT2D eigenvalue weighted by Gasteiger charge is 2.22. The Kier molecular flexibility index (Phi) is 3.59. The van der Waals surface area contributed by atoms with Gasteiger partial charge in [-0.1, -0.05) is 11.6 Å². The molecule has 0 atom stereocenters. The van der Waals surface area contributed by atoms with E-state index < -0.39 is 11.8 Å². The van der Waals surface area contributed by atoms with Gasteiger partial charge in [0.2, 0.25) is 0 Å². The van der Waals surface area contributed by atoms with Gasteiger partial charge in [-0.15, -0.1) is 0 Å². The molecule has 1 saturated heterocycles. The predicted octanol–water partition coefficient (Wildman–Crippen LogP) is 2.10. The Morgan fingerprint density at radius 3 is 2.59 bits per heavy atom. The van der Waals surface area contributed by atoms with E-state index in [1.54, 1.807) is 11.8 Å². The highest BCUT2D eigenvalue weighted by Crippen LogP contribution is 2.30. The monoisotopic (exact) mass is 272 g/mol. The fourth-order valence-electron chi connectivity index (χ4n) is 1.32. The Labute approximate surface area is 107 Å². The first-order chi connectivity index (χ1) is 8.08. The molecule has 1 heterocycles. The fraction of sp³-hybridized carbons (Fsp3) is 0.273. The molecule has 6 heteroatoms. The minimum Gasteiger partial charge on any atom is -0.487 e. The number of hydrogen-bond donors (Lipinski definition) is 1. The van der Waals surface area contributed by atoms with E-state index in [1.807, 2.05) is 0 Å². The Morgan fingerprint density at radius 1 is 1.41 bits per heavy atom. The van der Waals surface area contributed by atoms with Crippen LogP contribution in [0.1, 0.15) is 10.4 Å². The molecule has 1 aliphatic heterocycles. The molecule has 17 heavy (non-hydrogen) atoms. The second kappa shape index (κ2) is 4.98. The van der Waals surface area contributed by atoms with Crippen LogP contribution in [0.5, 0.6) is 5.75 Å². The lowest BCUT2D eigenvalue weighted by molar-refractivity contribution is -0.131. The number of benzene rings is 1.